The summed E-state index contributed by atoms with van der Waals surface area (Å²) in [5.74, 6) is -1.86. The number of H-pyrrole nitrogens is 1. The van der Waals surface area contributed by atoms with Crippen LogP contribution in [-0.4, -0.2) is 33.1 Å². The minimum Gasteiger partial charge on any atom is -0.405 e. The molecule has 4 aromatic rings. The summed E-state index contributed by atoms with van der Waals surface area (Å²) >= 11 is 0.938. The first-order chi connectivity index (χ1) is 14.8. The molecule has 0 aliphatic carbocycles. The van der Waals surface area contributed by atoms with Gasteiger partial charge in [-0.15, -0.1) is 24.5 Å². The Hall–Kier alpha value is -3.93. The van der Waals surface area contributed by atoms with Gasteiger partial charge in [0.05, 0.1) is 16.6 Å². The van der Waals surface area contributed by atoms with Crippen molar-refractivity contribution in [1.82, 2.24) is 15.0 Å². The number of aromatic amines is 1. The van der Waals surface area contributed by atoms with Gasteiger partial charge in [0.2, 0.25) is 5.95 Å². The van der Waals surface area contributed by atoms with Crippen LogP contribution in [0, 0.1) is 0 Å². The van der Waals surface area contributed by atoms with E-state index in [4.69, 9.17) is 0 Å². The van der Waals surface area contributed by atoms with E-state index in [0.717, 1.165) is 22.9 Å². The van der Waals surface area contributed by atoms with Gasteiger partial charge in [-0.05, 0) is 24.3 Å². The third kappa shape index (κ3) is 4.80. The highest BCUT2D eigenvalue weighted by Gasteiger charge is 2.33. The molecule has 0 aliphatic heterocycles. The topological polar surface area (TPSA) is 109 Å². The van der Waals surface area contributed by atoms with Crippen LogP contribution in [0.25, 0.3) is 11.0 Å². The Morgan fingerprint density at radius 3 is 2.48 bits per heavy atom. The van der Waals surface area contributed by atoms with Gasteiger partial charge in [-0.1, -0.05) is 24.3 Å². The molecule has 0 aliphatic rings. The number of thiazole rings is 1. The van der Waals surface area contributed by atoms with Gasteiger partial charge in [-0.3, -0.25) is 20.2 Å². The average molecular weight is 447 g/mol. The number of hydrogen-bond donors (Lipinski definition) is 3. The van der Waals surface area contributed by atoms with Crippen LogP contribution >= 0.6 is 11.3 Å². The number of nitrogens with zero attached hydrogens (tertiary/aromatic N) is 2. The molecule has 12 heteroatoms. The highest BCUT2D eigenvalue weighted by molar-refractivity contribution is 7.14. The average Bonchev–Trinajstić information content (AvgIpc) is 3.33. The van der Waals surface area contributed by atoms with Gasteiger partial charge < -0.3 is 9.72 Å². The fraction of sp³-hybridized carbons (Fsp3) is 0.0526. The number of ether oxygens (including phenoxy) is 1. The second kappa shape index (κ2) is 8.07. The summed E-state index contributed by atoms with van der Waals surface area (Å²) in [6.07, 6.45) is -4.94. The predicted octanol–water partition coefficient (Wildman–Crippen LogP) is 4.42. The van der Waals surface area contributed by atoms with Crippen molar-refractivity contribution in [2.45, 2.75) is 6.36 Å². The Balaban J connectivity index is 1.45. The van der Waals surface area contributed by atoms with Crippen molar-refractivity contribution in [3.05, 3.63) is 65.2 Å². The first-order valence-corrected chi connectivity index (χ1v) is 9.54. The largest absolute Gasteiger partial charge is 0.573 e. The van der Waals surface area contributed by atoms with Crippen molar-refractivity contribution in [1.29, 1.82) is 0 Å². The van der Waals surface area contributed by atoms with Crippen LogP contribution in [0.5, 0.6) is 5.75 Å². The molecule has 2 aromatic heterocycles. The van der Waals surface area contributed by atoms with Gasteiger partial charge in [-0.2, -0.15) is 0 Å². The third-order valence-corrected chi connectivity index (χ3v) is 4.69. The SMILES string of the molecule is O=C(Nc1nc2ccccc2[nH]1)c1csc(NC(=O)c2ccccc2OC(F)(F)F)n1. The monoisotopic (exact) mass is 447 g/mol. The Kier molecular flexibility index (Phi) is 5.29. The summed E-state index contributed by atoms with van der Waals surface area (Å²) in [5.41, 5.74) is 1.08. The van der Waals surface area contributed by atoms with Crippen molar-refractivity contribution in [2.75, 3.05) is 10.6 Å². The van der Waals surface area contributed by atoms with E-state index < -0.39 is 23.9 Å². The van der Waals surface area contributed by atoms with E-state index in [2.05, 4.69) is 30.3 Å². The lowest BCUT2D eigenvalue weighted by molar-refractivity contribution is -0.274. The number of carbonyl (C=O) groups is 2. The van der Waals surface area contributed by atoms with Crippen LogP contribution in [0.1, 0.15) is 20.8 Å². The van der Waals surface area contributed by atoms with Crippen LogP contribution in [-0.2, 0) is 0 Å². The minimum atomic E-state index is -4.94. The molecule has 2 heterocycles. The van der Waals surface area contributed by atoms with E-state index in [1.54, 1.807) is 12.1 Å². The number of alkyl halides is 3. The van der Waals surface area contributed by atoms with E-state index >= 15 is 0 Å². The van der Waals surface area contributed by atoms with Crippen molar-refractivity contribution in [3.63, 3.8) is 0 Å². The fourth-order valence-electron chi connectivity index (χ4n) is 2.65. The number of rotatable bonds is 5. The van der Waals surface area contributed by atoms with Crippen LogP contribution in [0.15, 0.2) is 53.9 Å². The number of amides is 2. The molecule has 0 saturated carbocycles. The fourth-order valence-corrected chi connectivity index (χ4v) is 3.34. The second-order valence-electron chi connectivity index (χ2n) is 6.09. The Bertz CT molecular complexity index is 1230. The molecule has 0 bridgehead atoms. The molecular formula is C19H12F3N5O3S. The molecule has 3 N–H and O–H groups in total. The van der Waals surface area contributed by atoms with Crippen molar-refractivity contribution < 1.29 is 27.5 Å². The summed E-state index contributed by atoms with van der Waals surface area (Å²) in [6, 6.07) is 12.1. The molecular weight excluding hydrogens is 435 g/mol. The zero-order valence-electron chi connectivity index (χ0n) is 15.4. The lowest BCUT2D eigenvalue weighted by Crippen LogP contribution is -2.21. The lowest BCUT2D eigenvalue weighted by Gasteiger charge is -2.12. The molecule has 0 atom stereocenters. The zero-order valence-corrected chi connectivity index (χ0v) is 16.2. The van der Waals surface area contributed by atoms with Gasteiger partial charge in [0.1, 0.15) is 11.4 Å². The number of imidazole rings is 1. The van der Waals surface area contributed by atoms with Crippen LogP contribution < -0.4 is 15.4 Å². The number of benzene rings is 2. The molecule has 0 saturated heterocycles. The smallest absolute Gasteiger partial charge is 0.405 e. The Morgan fingerprint density at radius 2 is 1.71 bits per heavy atom. The molecule has 2 amide bonds. The number of para-hydroxylation sites is 3. The molecule has 0 radical (unpaired) electrons. The molecule has 8 nitrogen and oxygen atoms in total. The lowest BCUT2D eigenvalue weighted by atomic mass is 10.2. The molecule has 0 unspecified atom stereocenters. The molecule has 158 valence electrons. The maximum absolute atomic E-state index is 12.5. The minimum absolute atomic E-state index is 0.000540. The number of carbonyl (C=O) groups excluding carboxylic acids is 2. The zero-order chi connectivity index (χ0) is 22.0. The van der Waals surface area contributed by atoms with Crippen LogP contribution in [0.3, 0.4) is 0 Å². The van der Waals surface area contributed by atoms with Gasteiger partial charge in [0.15, 0.2) is 5.13 Å². The van der Waals surface area contributed by atoms with E-state index in [0.29, 0.717) is 5.52 Å². The van der Waals surface area contributed by atoms with Crippen LogP contribution in [0.2, 0.25) is 0 Å². The Morgan fingerprint density at radius 1 is 0.968 bits per heavy atom. The molecule has 0 spiro atoms. The summed E-state index contributed by atoms with van der Waals surface area (Å²) in [5, 5.41) is 6.35. The maximum Gasteiger partial charge on any atom is 0.573 e. The van der Waals surface area contributed by atoms with E-state index in [1.165, 1.54) is 23.6 Å². The first kappa shape index (κ1) is 20.3. The first-order valence-electron chi connectivity index (χ1n) is 8.66. The molecule has 4 rings (SSSR count). The summed E-state index contributed by atoms with van der Waals surface area (Å²) in [7, 11) is 0. The summed E-state index contributed by atoms with van der Waals surface area (Å²) in [4.78, 5) is 35.9. The number of hydrogen-bond acceptors (Lipinski definition) is 6. The number of fused-ring (bicyclic) bond motifs is 1. The molecule has 31 heavy (non-hydrogen) atoms. The van der Waals surface area contributed by atoms with Gasteiger partial charge >= 0.3 is 6.36 Å². The van der Waals surface area contributed by atoms with Gasteiger partial charge in [0, 0.05) is 5.38 Å². The van der Waals surface area contributed by atoms with Crippen molar-refractivity contribution in [2.24, 2.45) is 0 Å². The number of halogens is 3. The quantitative estimate of drug-likeness (QED) is 0.420. The van der Waals surface area contributed by atoms with E-state index in [-0.39, 0.29) is 22.3 Å². The van der Waals surface area contributed by atoms with Crippen molar-refractivity contribution >= 4 is 45.3 Å². The highest BCUT2D eigenvalue weighted by atomic mass is 32.1. The summed E-state index contributed by atoms with van der Waals surface area (Å²) in [6.45, 7) is 0. The van der Waals surface area contributed by atoms with E-state index in [1.807, 2.05) is 12.1 Å². The third-order valence-electron chi connectivity index (χ3n) is 3.94. The number of anilines is 2. The Labute approximate surface area is 176 Å². The maximum atomic E-state index is 12.5. The van der Waals surface area contributed by atoms with Crippen LogP contribution in [0.4, 0.5) is 24.3 Å². The summed E-state index contributed by atoms with van der Waals surface area (Å²) < 4.78 is 41.5. The molecule has 0 fully saturated rings. The standard InChI is InChI=1S/C19H12F3N5O3S/c20-19(21,22)30-14-8-4-1-5-10(14)15(28)27-18-25-13(9-31-18)16(29)26-17-23-11-6-2-3-7-12(11)24-17/h1-9H,(H,25,27,28)(H2,23,24,26,29). The number of aromatic nitrogens is 3. The highest BCUT2D eigenvalue weighted by Crippen LogP contribution is 2.27. The predicted molar refractivity (Wildman–Crippen MR) is 107 cm³/mol. The molecule has 2 aromatic carbocycles. The van der Waals surface area contributed by atoms with Crippen molar-refractivity contribution in [3.8, 4) is 5.75 Å². The van der Waals surface area contributed by atoms with Gasteiger partial charge in [-0.25, -0.2) is 9.97 Å². The van der Waals surface area contributed by atoms with E-state index in [9.17, 15) is 22.8 Å². The normalized spacial score (nSPS) is 11.3. The van der Waals surface area contributed by atoms with Gasteiger partial charge in [0.25, 0.3) is 11.8 Å². The second-order valence-corrected chi connectivity index (χ2v) is 6.95. The number of nitrogens with one attached hydrogen (secondary N) is 3.